The van der Waals surface area contributed by atoms with E-state index in [1.54, 1.807) is 0 Å². The molecule has 0 aliphatic heterocycles. The number of allylic oxidation sites excluding steroid dienone is 1. The normalized spacial score (nSPS) is 13.6. The molecule has 5 heteroatoms. The second kappa shape index (κ2) is 10.7. The number of unbranched alkanes of at least 4 members (excludes halogenated alkanes) is 3. The van der Waals surface area contributed by atoms with Crippen LogP contribution in [-0.4, -0.2) is 18.9 Å². The van der Waals surface area contributed by atoms with Gasteiger partial charge in [0.1, 0.15) is 11.5 Å². The van der Waals surface area contributed by atoms with Crippen molar-refractivity contribution >= 4 is 13.2 Å². The Labute approximate surface area is 194 Å². The molecule has 1 atom stereocenters. The molecule has 0 spiro atoms. The van der Waals surface area contributed by atoms with Gasteiger partial charge in [-0.15, -0.1) is 0 Å². The van der Waals surface area contributed by atoms with Crippen LogP contribution in [0.2, 0.25) is 0 Å². The lowest BCUT2D eigenvalue weighted by Crippen LogP contribution is -2.17. The topological polar surface area (TPSA) is 55.8 Å². The standard InChI is InChI=1S/C27H39O4P/c1-9-10-11-12-15-27(5,6)21-17-24(28)26(25(18-21)31-32(8,29)30-7)23-16-20(4)13-14-22(23)19(2)3/h13-14,16-18,28H,2,9-12,15H2,1,3-8H3. The molecule has 0 fully saturated rings. The van der Waals surface area contributed by atoms with Crippen LogP contribution >= 0.6 is 7.60 Å². The molecule has 1 unspecified atom stereocenters. The van der Waals surface area contributed by atoms with Crippen molar-refractivity contribution < 1.29 is 18.7 Å². The molecule has 176 valence electrons. The Hall–Kier alpha value is -2.03. The van der Waals surface area contributed by atoms with E-state index in [0.717, 1.165) is 40.7 Å². The lowest BCUT2D eigenvalue weighted by atomic mass is 9.79. The number of phenols is 1. The van der Waals surface area contributed by atoms with Crippen LogP contribution in [0.15, 0.2) is 36.9 Å². The highest BCUT2D eigenvalue weighted by atomic mass is 31.2. The molecular formula is C27H39O4P. The van der Waals surface area contributed by atoms with Crippen LogP contribution in [0.25, 0.3) is 16.7 Å². The van der Waals surface area contributed by atoms with Crippen molar-refractivity contribution in [3.05, 3.63) is 53.6 Å². The van der Waals surface area contributed by atoms with Crippen LogP contribution in [0.4, 0.5) is 0 Å². The number of aromatic hydroxyl groups is 1. The summed E-state index contributed by atoms with van der Waals surface area (Å²) in [5.41, 5.74) is 4.91. The van der Waals surface area contributed by atoms with Gasteiger partial charge in [-0.2, -0.15) is 0 Å². The van der Waals surface area contributed by atoms with Crippen LogP contribution in [0.1, 0.15) is 76.5 Å². The second-order valence-electron chi connectivity index (χ2n) is 9.44. The second-order valence-corrected chi connectivity index (χ2v) is 11.5. The summed E-state index contributed by atoms with van der Waals surface area (Å²) in [5, 5.41) is 11.2. The van der Waals surface area contributed by atoms with Crippen LogP contribution in [0.5, 0.6) is 11.5 Å². The van der Waals surface area contributed by atoms with Gasteiger partial charge in [0.25, 0.3) is 0 Å². The smallest absolute Gasteiger partial charge is 0.375 e. The predicted molar refractivity (Wildman–Crippen MR) is 136 cm³/mol. The van der Waals surface area contributed by atoms with Crippen molar-refractivity contribution in [1.82, 2.24) is 0 Å². The Kier molecular flexibility index (Phi) is 8.79. The molecule has 32 heavy (non-hydrogen) atoms. The van der Waals surface area contributed by atoms with E-state index < -0.39 is 7.60 Å². The lowest BCUT2D eigenvalue weighted by molar-refractivity contribution is 0.328. The third-order valence-corrected chi connectivity index (χ3v) is 7.21. The van der Waals surface area contributed by atoms with E-state index in [2.05, 4.69) is 27.4 Å². The van der Waals surface area contributed by atoms with Crippen molar-refractivity contribution in [1.29, 1.82) is 0 Å². The average molecular weight is 459 g/mol. The Morgan fingerprint density at radius 2 is 1.84 bits per heavy atom. The van der Waals surface area contributed by atoms with Crippen molar-refractivity contribution in [2.75, 3.05) is 13.8 Å². The van der Waals surface area contributed by atoms with Gasteiger partial charge in [0.15, 0.2) is 0 Å². The summed E-state index contributed by atoms with van der Waals surface area (Å²) in [5.74, 6) is 0.464. The Morgan fingerprint density at radius 1 is 1.16 bits per heavy atom. The molecule has 2 aromatic carbocycles. The highest BCUT2D eigenvalue weighted by Gasteiger charge is 2.28. The highest BCUT2D eigenvalue weighted by Crippen LogP contribution is 2.51. The molecule has 2 rings (SSSR count). The van der Waals surface area contributed by atoms with Crippen molar-refractivity contribution in [2.24, 2.45) is 0 Å². The van der Waals surface area contributed by atoms with E-state index >= 15 is 0 Å². The van der Waals surface area contributed by atoms with Gasteiger partial charge < -0.3 is 14.2 Å². The van der Waals surface area contributed by atoms with Crippen LogP contribution < -0.4 is 4.52 Å². The van der Waals surface area contributed by atoms with Gasteiger partial charge in [0, 0.05) is 13.8 Å². The first-order valence-electron chi connectivity index (χ1n) is 11.4. The molecule has 0 aliphatic rings. The van der Waals surface area contributed by atoms with Crippen LogP contribution in [-0.2, 0) is 14.5 Å². The molecule has 0 saturated heterocycles. The largest absolute Gasteiger partial charge is 0.507 e. The minimum atomic E-state index is -3.35. The summed E-state index contributed by atoms with van der Waals surface area (Å²) in [7, 11) is -1.98. The maximum Gasteiger partial charge on any atom is 0.375 e. The molecule has 0 aliphatic carbocycles. The summed E-state index contributed by atoms with van der Waals surface area (Å²) in [6.07, 6.45) is 5.70. The number of rotatable bonds is 11. The SMILES string of the molecule is C=C(C)c1ccc(C)cc1-c1c(O)cc(C(C)(C)CCCCCC)cc1OP(C)(=O)OC. The van der Waals surface area contributed by atoms with E-state index in [1.165, 1.54) is 33.0 Å². The number of hydrogen-bond acceptors (Lipinski definition) is 4. The fourth-order valence-corrected chi connectivity index (χ4v) is 4.50. The highest BCUT2D eigenvalue weighted by molar-refractivity contribution is 7.53. The summed E-state index contributed by atoms with van der Waals surface area (Å²) in [6, 6.07) is 9.73. The zero-order valence-corrected chi connectivity index (χ0v) is 21.6. The molecule has 0 amide bonds. The quantitative estimate of drug-likeness (QED) is 0.271. The fraction of sp³-hybridized carbons (Fsp3) is 0.481. The molecule has 4 nitrogen and oxygen atoms in total. The Bertz CT molecular complexity index is 1010. The molecule has 2 aromatic rings. The fourth-order valence-electron chi connectivity index (χ4n) is 3.93. The van der Waals surface area contributed by atoms with E-state index in [4.69, 9.17) is 9.05 Å². The van der Waals surface area contributed by atoms with E-state index in [1.807, 2.05) is 44.2 Å². The monoisotopic (exact) mass is 458 g/mol. The number of benzene rings is 2. The third kappa shape index (κ3) is 6.49. The van der Waals surface area contributed by atoms with E-state index in [0.29, 0.717) is 11.3 Å². The minimum Gasteiger partial charge on any atom is -0.507 e. The molecule has 1 N–H and O–H groups in total. The van der Waals surface area contributed by atoms with Gasteiger partial charge in [0.05, 0.1) is 5.56 Å². The maximum absolute atomic E-state index is 12.8. The van der Waals surface area contributed by atoms with Crippen LogP contribution in [0.3, 0.4) is 0 Å². The van der Waals surface area contributed by atoms with Gasteiger partial charge in [0.2, 0.25) is 0 Å². The summed E-state index contributed by atoms with van der Waals surface area (Å²) in [4.78, 5) is 0. The van der Waals surface area contributed by atoms with E-state index in [-0.39, 0.29) is 11.2 Å². The van der Waals surface area contributed by atoms with E-state index in [9.17, 15) is 9.67 Å². The average Bonchev–Trinajstić information content (AvgIpc) is 2.70. The van der Waals surface area contributed by atoms with Gasteiger partial charge >= 0.3 is 7.60 Å². The molecule has 0 saturated carbocycles. The predicted octanol–water partition coefficient (Wildman–Crippen LogP) is 8.50. The first kappa shape index (κ1) is 26.2. The Morgan fingerprint density at radius 3 is 2.44 bits per heavy atom. The van der Waals surface area contributed by atoms with Gasteiger partial charge in [-0.1, -0.05) is 82.4 Å². The number of phenolic OH excluding ortho intramolecular Hbond substituents is 1. The van der Waals surface area contributed by atoms with Gasteiger partial charge in [-0.25, -0.2) is 4.57 Å². The zero-order chi connectivity index (χ0) is 24.1. The summed E-state index contributed by atoms with van der Waals surface area (Å²) in [6.45, 7) is 16.0. The molecule has 0 aromatic heterocycles. The van der Waals surface area contributed by atoms with Crippen molar-refractivity contribution in [3.63, 3.8) is 0 Å². The molecule has 0 radical (unpaired) electrons. The lowest BCUT2D eigenvalue weighted by Gasteiger charge is -2.28. The first-order valence-corrected chi connectivity index (χ1v) is 13.4. The van der Waals surface area contributed by atoms with Gasteiger partial charge in [-0.3, -0.25) is 0 Å². The summed E-state index contributed by atoms with van der Waals surface area (Å²) >= 11 is 0. The molecule has 0 bridgehead atoms. The first-order chi connectivity index (χ1) is 14.9. The zero-order valence-electron chi connectivity index (χ0n) is 20.7. The van der Waals surface area contributed by atoms with Crippen LogP contribution in [0, 0.1) is 6.92 Å². The molecular weight excluding hydrogens is 419 g/mol. The minimum absolute atomic E-state index is 0.100. The number of aryl methyl sites for hydroxylation is 1. The number of hydrogen-bond donors (Lipinski definition) is 1. The van der Waals surface area contributed by atoms with Gasteiger partial charge in [-0.05, 0) is 54.5 Å². The summed E-state index contributed by atoms with van der Waals surface area (Å²) < 4.78 is 23.8. The third-order valence-electron chi connectivity index (χ3n) is 6.02. The van der Waals surface area contributed by atoms with Crippen molar-refractivity contribution in [2.45, 2.75) is 72.1 Å². The molecule has 0 heterocycles. The maximum atomic E-state index is 12.8. The Balaban J connectivity index is 2.67. The van der Waals surface area contributed by atoms with Crippen molar-refractivity contribution in [3.8, 4) is 22.6 Å².